The molecule has 2 rings (SSSR count). The van der Waals surface area contributed by atoms with Crippen molar-refractivity contribution in [2.24, 2.45) is 0 Å². The maximum absolute atomic E-state index is 12.4. The van der Waals surface area contributed by atoms with Gasteiger partial charge in [-0.2, -0.15) is 0 Å². The highest BCUT2D eigenvalue weighted by Gasteiger charge is 2.15. The average Bonchev–Trinajstić information content (AvgIpc) is 2.66. The van der Waals surface area contributed by atoms with Gasteiger partial charge in [-0.05, 0) is 49.2 Å². The quantitative estimate of drug-likeness (QED) is 0.607. The second kappa shape index (κ2) is 9.51. The molecule has 8 nitrogen and oxygen atoms in total. The minimum absolute atomic E-state index is 0.264. The lowest BCUT2D eigenvalue weighted by Crippen LogP contribution is -2.38. The molecule has 9 heteroatoms. The Labute approximate surface area is 171 Å². The lowest BCUT2D eigenvalue weighted by atomic mass is 10.1. The molecule has 2 amide bonds. The Kier molecular flexibility index (Phi) is 7.33. The molecule has 0 saturated carbocycles. The molecule has 0 fully saturated rings. The van der Waals surface area contributed by atoms with Gasteiger partial charge in [0.25, 0.3) is 0 Å². The van der Waals surface area contributed by atoms with Gasteiger partial charge in [-0.15, -0.1) is 0 Å². The summed E-state index contributed by atoms with van der Waals surface area (Å²) in [5.74, 6) is 1.20. The van der Waals surface area contributed by atoms with Crippen molar-refractivity contribution in [2.75, 3.05) is 25.2 Å². The summed E-state index contributed by atoms with van der Waals surface area (Å²) < 4.78 is 35.7. The van der Waals surface area contributed by atoms with Crippen molar-refractivity contribution in [2.45, 2.75) is 25.9 Å². The number of ether oxygens (including phenoxy) is 2. The van der Waals surface area contributed by atoms with Gasteiger partial charge >= 0.3 is 6.03 Å². The first kappa shape index (κ1) is 22.4. The summed E-state index contributed by atoms with van der Waals surface area (Å²) in [5.41, 5.74) is 2.08. The topological polar surface area (TPSA) is 106 Å². The van der Waals surface area contributed by atoms with Gasteiger partial charge in [0.15, 0.2) is 11.5 Å². The Morgan fingerprint density at radius 1 is 0.897 bits per heavy atom. The number of carbonyl (C=O) groups excluding carboxylic acids is 1. The summed E-state index contributed by atoms with van der Waals surface area (Å²) >= 11 is 0. The molecule has 158 valence electrons. The lowest BCUT2D eigenvalue weighted by molar-refractivity contribution is 0.235. The van der Waals surface area contributed by atoms with E-state index in [0.29, 0.717) is 17.2 Å². The highest BCUT2D eigenvalue weighted by Crippen LogP contribution is 2.29. The van der Waals surface area contributed by atoms with Crippen molar-refractivity contribution in [3.05, 3.63) is 53.6 Å². The molecule has 0 heterocycles. The van der Waals surface area contributed by atoms with Gasteiger partial charge in [-0.1, -0.05) is 18.2 Å². The largest absolute Gasteiger partial charge is 0.493 e. The maximum atomic E-state index is 12.4. The normalized spacial score (nSPS) is 13.1. The second-order valence-electron chi connectivity index (χ2n) is 6.68. The van der Waals surface area contributed by atoms with Crippen LogP contribution in [0.5, 0.6) is 11.5 Å². The van der Waals surface area contributed by atoms with E-state index in [0.717, 1.165) is 17.4 Å². The van der Waals surface area contributed by atoms with E-state index in [9.17, 15) is 13.2 Å². The SMILES string of the molecule is COc1ccc(C(C)NC(=O)NC(C)c2cccc(NS(C)(=O)=O)c2)cc1OC. The fourth-order valence-electron chi connectivity index (χ4n) is 2.81. The Morgan fingerprint density at radius 3 is 2.03 bits per heavy atom. The van der Waals surface area contributed by atoms with E-state index in [1.807, 2.05) is 32.0 Å². The van der Waals surface area contributed by atoms with Crippen molar-refractivity contribution < 1.29 is 22.7 Å². The number of urea groups is 1. The monoisotopic (exact) mass is 421 g/mol. The molecule has 0 aliphatic heterocycles. The van der Waals surface area contributed by atoms with Crippen LogP contribution in [0.4, 0.5) is 10.5 Å². The predicted octanol–water partition coefficient (Wildman–Crippen LogP) is 3.20. The highest BCUT2D eigenvalue weighted by molar-refractivity contribution is 7.92. The fraction of sp³-hybridized carbons (Fsp3) is 0.350. The summed E-state index contributed by atoms with van der Waals surface area (Å²) in [6, 6.07) is 11.4. The summed E-state index contributed by atoms with van der Waals surface area (Å²) in [4.78, 5) is 12.4. The van der Waals surface area contributed by atoms with E-state index in [1.54, 1.807) is 38.5 Å². The van der Waals surface area contributed by atoms with Crippen molar-refractivity contribution in [3.63, 3.8) is 0 Å². The van der Waals surface area contributed by atoms with Crippen LogP contribution in [-0.4, -0.2) is 34.9 Å². The second-order valence-corrected chi connectivity index (χ2v) is 8.42. The van der Waals surface area contributed by atoms with Crippen molar-refractivity contribution in [1.29, 1.82) is 0 Å². The first-order valence-electron chi connectivity index (χ1n) is 8.99. The van der Waals surface area contributed by atoms with Crippen LogP contribution in [-0.2, 0) is 10.0 Å². The third-order valence-corrected chi connectivity index (χ3v) is 4.90. The fourth-order valence-corrected chi connectivity index (χ4v) is 3.36. The summed E-state index contributed by atoms with van der Waals surface area (Å²) in [6.07, 6.45) is 1.09. The van der Waals surface area contributed by atoms with Crippen LogP contribution in [0.1, 0.15) is 37.1 Å². The molecule has 0 bridgehead atoms. The van der Waals surface area contributed by atoms with Crippen molar-refractivity contribution in [1.82, 2.24) is 10.6 Å². The molecule has 3 N–H and O–H groups in total. The lowest BCUT2D eigenvalue weighted by Gasteiger charge is -2.20. The molecule has 0 aliphatic rings. The average molecular weight is 422 g/mol. The summed E-state index contributed by atoms with van der Waals surface area (Å²) in [5, 5.41) is 5.74. The molecule has 0 spiro atoms. The van der Waals surface area contributed by atoms with Crippen molar-refractivity contribution in [3.8, 4) is 11.5 Å². The number of sulfonamides is 1. The molecule has 29 heavy (non-hydrogen) atoms. The summed E-state index contributed by atoms with van der Waals surface area (Å²) in [7, 11) is -0.249. The molecule has 0 aromatic heterocycles. The number of amides is 2. The molecule has 2 aromatic rings. The van der Waals surface area contributed by atoms with Crippen LogP contribution >= 0.6 is 0 Å². The minimum atomic E-state index is -3.37. The minimum Gasteiger partial charge on any atom is -0.493 e. The van der Waals surface area contributed by atoms with Crippen LogP contribution in [0.3, 0.4) is 0 Å². The van der Waals surface area contributed by atoms with E-state index in [4.69, 9.17) is 9.47 Å². The zero-order valence-corrected chi connectivity index (χ0v) is 18.0. The van der Waals surface area contributed by atoms with E-state index in [1.165, 1.54) is 0 Å². The van der Waals surface area contributed by atoms with E-state index < -0.39 is 10.0 Å². The summed E-state index contributed by atoms with van der Waals surface area (Å²) in [6.45, 7) is 3.68. The van der Waals surface area contributed by atoms with E-state index >= 15 is 0 Å². The number of hydrogen-bond donors (Lipinski definition) is 3. The van der Waals surface area contributed by atoms with Gasteiger partial charge in [-0.3, -0.25) is 4.72 Å². The van der Waals surface area contributed by atoms with Crippen LogP contribution in [0.2, 0.25) is 0 Å². The molecule has 0 radical (unpaired) electrons. The van der Waals surface area contributed by atoms with Gasteiger partial charge in [0, 0.05) is 5.69 Å². The zero-order valence-electron chi connectivity index (χ0n) is 17.1. The van der Waals surface area contributed by atoms with Crippen LogP contribution in [0.25, 0.3) is 0 Å². The zero-order chi connectivity index (χ0) is 21.6. The molecule has 0 saturated heterocycles. The number of anilines is 1. The Hall–Kier alpha value is -2.94. The molecule has 2 atom stereocenters. The number of benzene rings is 2. The molecule has 2 aromatic carbocycles. The van der Waals surface area contributed by atoms with Gasteiger partial charge in [0.1, 0.15) is 0 Å². The Balaban J connectivity index is 2.02. The smallest absolute Gasteiger partial charge is 0.315 e. The standard InChI is InChI=1S/C20H27N3O5S/c1-13(15-7-6-8-17(11-15)23-29(5,25)26)21-20(24)22-14(2)16-9-10-18(27-3)19(12-16)28-4/h6-14,23H,1-5H3,(H2,21,22,24). The third-order valence-electron chi connectivity index (χ3n) is 4.29. The van der Waals surface area contributed by atoms with Gasteiger partial charge in [0.2, 0.25) is 10.0 Å². The predicted molar refractivity (Wildman–Crippen MR) is 113 cm³/mol. The molecular formula is C20H27N3O5S. The number of rotatable bonds is 8. The van der Waals surface area contributed by atoms with Crippen molar-refractivity contribution >= 4 is 21.7 Å². The molecule has 2 unspecified atom stereocenters. The van der Waals surface area contributed by atoms with E-state index in [-0.39, 0.29) is 18.1 Å². The first-order valence-corrected chi connectivity index (χ1v) is 10.9. The van der Waals surface area contributed by atoms with Gasteiger partial charge in [-0.25, -0.2) is 13.2 Å². The number of hydrogen-bond acceptors (Lipinski definition) is 5. The third kappa shape index (κ3) is 6.56. The van der Waals surface area contributed by atoms with E-state index in [2.05, 4.69) is 15.4 Å². The maximum Gasteiger partial charge on any atom is 0.315 e. The Bertz CT molecular complexity index is 962. The number of carbonyl (C=O) groups is 1. The number of nitrogens with one attached hydrogen (secondary N) is 3. The van der Waals surface area contributed by atoms with Crippen LogP contribution in [0, 0.1) is 0 Å². The van der Waals surface area contributed by atoms with Crippen LogP contribution < -0.4 is 24.8 Å². The van der Waals surface area contributed by atoms with Crippen LogP contribution in [0.15, 0.2) is 42.5 Å². The van der Waals surface area contributed by atoms with Gasteiger partial charge < -0.3 is 20.1 Å². The highest BCUT2D eigenvalue weighted by atomic mass is 32.2. The number of methoxy groups -OCH3 is 2. The molecular weight excluding hydrogens is 394 g/mol. The first-order chi connectivity index (χ1) is 13.6. The van der Waals surface area contributed by atoms with Gasteiger partial charge in [0.05, 0.1) is 32.6 Å². The Morgan fingerprint density at radius 2 is 1.48 bits per heavy atom. The molecule has 0 aliphatic carbocycles.